The summed E-state index contributed by atoms with van der Waals surface area (Å²) in [6.07, 6.45) is 3.07. The number of nitro benzene ring substituents is 1. The Morgan fingerprint density at radius 2 is 2.10 bits per heavy atom. The zero-order valence-electron chi connectivity index (χ0n) is 12.6. The van der Waals surface area contributed by atoms with Crippen molar-refractivity contribution in [3.05, 3.63) is 32.8 Å². The fraction of sp³-hybridized carbons (Fsp3) is 0.600. The summed E-state index contributed by atoms with van der Waals surface area (Å²) in [5.74, 6) is 0.557. The molecule has 1 aliphatic carbocycles. The number of nitrogens with zero attached hydrogens (tertiary/aromatic N) is 1. The molecular weight excluding hydrogens is 336 g/mol. The Morgan fingerprint density at radius 1 is 1.43 bits per heavy atom. The smallest absolute Gasteiger partial charge is 0.274 e. The molecule has 1 saturated carbocycles. The average molecular weight is 357 g/mol. The van der Waals surface area contributed by atoms with Gasteiger partial charge in [-0.15, -0.1) is 0 Å². The first-order chi connectivity index (χ1) is 9.96. The number of nitro groups is 1. The van der Waals surface area contributed by atoms with Gasteiger partial charge in [0, 0.05) is 28.4 Å². The molecule has 1 fully saturated rings. The molecule has 0 heterocycles. The first-order valence-electron chi connectivity index (χ1n) is 7.25. The van der Waals surface area contributed by atoms with Gasteiger partial charge in [-0.3, -0.25) is 10.1 Å². The lowest BCUT2D eigenvalue weighted by Crippen LogP contribution is -2.63. The normalized spacial score (nSPS) is 23.4. The third-order valence-electron chi connectivity index (χ3n) is 4.80. The van der Waals surface area contributed by atoms with Gasteiger partial charge in [0.1, 0.15) is 11.9 Å². The number of nitrogens with one attached hydrogen (secondary N) is 1. The molecule has 1 aliphatic rings. The van der Waals surface area contributed by atoms with Gasteiger partial charge in [-0.1, -0.05) is 29.8 Å². The lowest BCUT2D eigenvalue weighted by molar-refractivity contribution is -0.385. The van der Waals surface area contributed by atoms with Crippen LogP contribution in [0.1, 0.15) is 33.1 Å². The number of non-ortho nitro benzene ring substituents is 1. The molecule has 0 radical (unpaired) electrons. The van der Waals surface area contributed by atoms with Gasteiger partial charge in [0.15, 0.2) is 0 Å². The molecule has 0 amide bonds. The summed E-state index contributed by atoms with van der Waals surface area (Å²) in [5.41, 5.74) is 0.147. The molecule has 6 heteroatoms. The van der Waals surface area contributed by atoms with Crippen LogP contribution in [0.15, 0.2) is 22.7 Å². The highest BCUT2D eigenvalue weighted by Crippen LogP contribution is 2.49. The van der Waals surface area contributed by atoms with E-state index in [4.69, 9.17) is 4.74 Å². The molecular formula is C15H21BrN2O3. The molecule has 1 aromatic rings. The Kier molecular flexibility index (Phi) is 4.88. The summed E-state index contributed by atoms with van der Waals surface area (Å²) >= 11 is 3.30. The molecule has 2 atom stereocenters. The SMILES string of the molecule is CCC1(CC)C(NC)CC1Oc1cc(Br)cc([N+](=O)[O-])c1. The minimum absolute atomic E-state index is 0.0439. The van der Waals surface area contributed by atoms with E-state index in [1.54, 1.807) is 6.07 Å². The van der Waals surface area contributed by atoms with E-state index in [9.17, 15) is 10.1 Å². The molecule has 0 spiro atoms. The number of hydrogen-bond acceptors (Lipinski definition) is 4. The standard InChI is InChI=1S/C15H21BrN2O3/c1-4-15(5-2)13(17-3)9-14(15)21-12-7-10(16)6-11(8-12)18(19)20/h6-8,13-14,17H,4-5,9H2,1-3H3. The van der Waals surface area contributed by atoms with E-state index < -0.39 is 4.92 Å². The predicted octanol–water partition coefficient (Wildman–Crippen LogP) is 3.90. The van der Waals surface area contributed by atoms with E-state index in [0.717, 1.165) is 19.3 Å². The topological polar surface area (TPSA) is 64.4 Å². The van der Waals surface area contributed by atoms with Crippen molar-refractivity contribution in [1.29, 1.82) is 0 Å². The Balaban J connectivity index is 2.21. The molecule has 2 rings (SSSR count). The van der Waals surface area contributed by atoms with E-state index in [-0.39, 0.29) is 17.2 Å². The molecule has 0 bridgehead atoms. The van der Waals surface area contributed by atoms with Crippen molar-refractivity contribution in [1.82, 2.24) is 5.32 Å². The van der Waals surface area contributed by atoms with Crippen molar-refractivity contribution < 1.29 is 9.66 Å². The third kappa shape index (κ3) is 2.92. The highest BCUT2D eigenvalue weighted by Gasteiger charge is 2.53. The van der Waals surface area contributed by atoms with Crippen molar-refractivity contribution in [2.75, 3.05) is 7.05 Å². The molecule has 1 N–H and O–H groups in total. The number of ether oxygens (including phenoxy) is 1. The van der Waals surface area contributed by atoms with Crippen LogP contribution >= 0.6 is 15.9 Å². The van der Waals surface area contributed by atoms with Gasteiger partial charge in [0.25, 0.3) is 5.69 Å². The van der Waals surface area contributed by atoms with Crippen molar-refractivity contribution in [3.8, 4) is 5.75 Å². The van der Waals surface area contributed by atoms with Crippen molar-refractivity contribution in [2.45, 2.75) is 45.3 Å². The molecule has 0 aromatic heterocycles. The summed E-state index contributed by atoms with van der Waals surface area (Å²) in [7, 11) is 1.98. The zero-order valence-corrected chi connectivity index (χ0v) is 14.1. The molecule has 2 unspecified atom stereocenters. The Labute approximate surface area is 133 Å². The van der Waals surface area contributed by atoms with Crippen molar-refractivity contribution >= 4 is 21.6 Å². The van der Waals surface area contributed by atoms with Gasteiger partial charge in [0.2, 0.25) is 0 Å². The van der Waals surface area contributed by atoms with Crippen LogP contribution in [0.4, 0.5) is 5.69 Å². The van der Waals surface area contributed by atoms with E-state index in [2.05, 4.69) is 35.1 Å². The molecule has 1 aromatic carbocycles. The molecule has 5 nitrogen and oxygen atoms in total. The fourth-order valence-electron chi connectivity index (χ4n) is 3.40. The summed E-state index contributed by atoms with van der Waals surface area (Å²) < 4.78 is 6.74. The van der Waals surface area contributed by atoms with Gasteiger partial charge in [0.05, 0.1) is 11.0 Å². The Hall–Kier alpha value is -1.14. The van der Waals surface area contributed by atoms with Crippen molar-refractivity contribution in [2.24, 2.45) is 5.41 Å². The summed E-state index contributed by atoms with van der Waals surface area (Å²) in [5, 5.41) is 14.3. The minimum atomic E-state index is -0.401. The van der Waals surface area contributed by atoms with Gasteiger partial charge in [-0.2, -0.15) is 0 Å². The number of hydrogen-bond donors (Lipinski definition) is 1. The molecule has 21 heavy (non-hydrogen) atoms. The van der Waals surface area contributed by atoms with Crippen molar-refractivity contribution in [3.63, 3.8) is 0 Å². The second kappa shape index (κ2) is 6.32. The van der Waals surface area contributed by atoms with Gasteiger partial charge < -0.3 is 10.1 Å². The first kappa shape index (κ1) is 16.2. The van der Waals surface area contributed by atoms with Gasteiger partial charge in [-0.05, 0) is 26.0 Å². The quantitative estimate of drug-likeness (QED) is 0.619. The van der Waals surface area contributed by atoms with E-state index >= 15 is 0 Å². The van der Waals surface area contributed by atoms with Crippen LogP contribution < -0.4 is 10.1 Å². The van der Waals surface area contributed by atoms with Crippen LogP contribution in [0.5, 0.6) is 5.75 Å². The summed E-state index contributed by atoms with van der Waals surface area (Å²) in [6, 6.07) is 5.21. The maximum absolute atomic E-state index is 10.9. The van der Waals surface area contributed by atoms with Crippen LogP contribution in [0.3, 0.4) is 0 Å². The van der Waals surface area contributed by atoms with E-state index in [1.165, 1.54) is 12.1 Å². The van der Waals surface area contributed by atoms with Gasteiger partial charge in [-0.25, -0.2) is 0 Å². The second-order valence-electron chi connectivity index (χ2n) is 5.53. The summed E-state index contributed by atoms with van der Waals surface area (Å²) in [4.78, 5) is 10.5. The van der Waals surface area contributed by atoms with Crippen LogP contribution in [0.2, 0.25) is 0 Å². The average Bonchev–Trinajstić information content (AvgIpc) is 2.44. The minimum Gasteiger partial charge on any atom is -0.489 e. The third-order valence-corrected chi connectivity index (χ3v) is 5.25. The maximum atomic E-state index is 10.9. The lowest BCUT2D eigenvalue weighted by Gasteiger charge is -2.55. The second-order valence-corrected chi connectivity index (χ2v) is 6.44. The zero-order chi connectivity index (χ0) is 15.6. The Bertz CT molecular complexity index is 532. The van der Waals surface area contributed by atoms with Crippen LogP contribution in [-0.4, -0.2) is 24.1 Å². The number of rotatable bonds is 6. The first-order valence-corrected chi connectivity index (χ1v) is 8.05. The summed E-state index contributed by atoms with van der Waals surface area (Å²) in [6.45, 7) is 4.35. The van der Waals surface area contributed by atoms with E-state index in [0.29, 0.717) is 16.3 Å². The Morgan fingerprint density at radius 3 is 2.62 bits per heavy atom. The number of benzene rings is 1. The lowest BCUT2D eigenvalue weighted by atomic mass is 9.58. The van der Waals surface area contributed by atoms with Crippen LogP contribution in [0.25, 0.3) is 0 Å². The predicted molar refractivity (Wildman–Crippen MR) is 85.7 cm³/mol. The highest BCUT2D eigenvalue weighted by atomic mass is 79.9. The van der Waals surface area contributed by atoms with Crippen LogP contribution in [0, 0.1) is 15.5 Å². The van der Waals surface area contributed by atoms with Crippen LogP contribution in [-0.2, 0) is 0 Å². The largest absolute Gasteiger partial charge is 0.489 e. The number of halogens is 1. The molecule has 116 valence electrons. The monoisotopic (exact) mass is 356 g/mol. The fourth-order valence-corrected chi connectivity index (χ4v) is 3.86. The maximum Gasteiger partial charge on any atom is 0.274 e. The highest BCUT2D eigenvalue weighted by molar-refractivity contribution is 9.10. The van der Waals surface area contributed by atoms with Gasteiger partial charge >= 0.3 is 0 Å². The molecule has 0 aliphatic heterocycles. The van der Waals surface area contributed by atoms with E-state index in [1.807, 2.05) is 7.05 Å². The molecule has 0 saturated heterocycles.